The molecule has 0 radical (unpaired) electrons. The normalized spacial score (nSPS) is 11.6. The fraction of sp³-hybridized carbons (Fsp3) is 0.133. The average molecular weight is 256 g/mol. The van der Waals surface area contributed by atoms with Crippen molar-refractivity contribution in [1.29, 1.82) is 0 Å². The van der Waals surface area contributed by atoms with Crippen LogP contribution in [-0.4, -0.2) is 11.9 Å². The third-order valence-electron chi connectivity index (χ3n) is 2.66. The summed E-state index contributed by atoms with van der Waals surface area (Å²) >= 11 is 0. The zero-order valence-corrected chi connectivity index (χ0v) is 10.7. The lowest BCUT2D eigenvalue weighted by Gasteiger charge is -2.15. The van der Waals surface area contributed by atoms with Gasteiger partial charge in [0.15, 0.2) is 5.75 Å². The number of carbonyl (C=O) groups excluding carboxylic acids is 1. The van der Waals surface area contributed by atoms with Crippen LogP contribution in [0.2, 0.25) is 0 Å². The van der Waals surface area contributed by atoms with Crippen molar-refractivity contribution in [3.63, 3.8) is 0 Å². The second-order valence-corrected chi connectivity index (χ2v) is 4.18. The monoisotopic (exact) mass is 256 g/mol. The molecule has 2 aromatic rings. The first-order chi connectivity index (χ1) is 9.16. The van der Waals surface area contributed by atoms with Crippen LogP contribution in [0.1, 0.15) is 6.92 Å². The Bertz CT molecular complexity index is 555. The van der Waals surface area contributed by atoms with Crippen LogP contribution in [0.25, 0.3) is 0 Å². The van der Waals surface area contributed by atoms with E-state index in [1.807, 2.05) is 54.6 Å². The number of anilines is 1. The van der Waals surface area contributed by atoms with Crippen molar-refractivity contribution in [2.45, 2.75) is 13.0 Å². The van der Waals surface area contributed by atoms with E-state index in [1.165, 1.54) is 0 Å². The summed E-state index contributed by atoms with van der Waals surface area (Å²) in [5.74, 6) is 0.986. The van der Waals surface area contributed by atoms with E-state index in [9.17, 15) is 4.79 Å². The second kappa shape index (κ2) is 5.91. The number of hydrogen-bond acceptors (Lipinski definition) is 3. The van der Waals surface area contributed by atoms with E-state index in [0.29, 0.717) is 5.75 Å². The molecule has 0 unspecified atom stereocenters. The summed E-state index contributed by atoms with van der Waals surface area (Å²) in [6, 6.07) is 16.4. The van der Waals surface area contributed by atoms with E-state index >= 15 is 0 Å². The van der Waals surface area contributed by atoms with E-state index < -0.39 is 11.9 Å². The van der Waals surface area contributed by atoms with Crippen LogP contribution in [0, 0.1) is 0 Å². The van der Waals surface area contributed by atoms with Crippen molar-refractivity contribution in [2.75, 3.05) is 5.32 Å². The van der Waals surface area contributed by atoms with Crippen LogP contribution in [0.4, 0.5) is 5.69 Å². The van der Waals surface area contributed by atoms with Gasteiger partial charge in [-0.05, 0) is 31.2 Å². The third-order valence-corrected chi connectivity index (χ3v) is 2.66. The summed E-state index contributed by atoms with van der Waals surface area (Å²) in [4.78, 5) is 11.1. The molecule has 0 saturated heterocycles. The van der Waals surface area contributed by atoms with Crippen molar-refractivity contribution < 1.29 is 9.53 Å². The molecule has 3 N–H and O–H groups in total. The van der Waals surface area contributed by atoms with Crippen LogP contribution in [0.5, 0.6) is 11.5 Å². The Kier molecular flexibility index (Phi) is 4.03. The van der Waals surface area contributed by atoms with E-state index in [2.05, 4.69) is 5.32 Å². The molecule has 0 aliphatic rings. The van der Waals surface area contributed by atoms with Gasteiger partial charge >= 0.3 is 0 Å². The molecule has 19 heavy (non-hydrogen) atoms. The highest BCUT2D eigenvalue weighted by molar-refractivity contribution is 5.83. The Hall–Kier alpha value is -2.49. The summed E-state index contributed by atoms with van der Waals surface area (Å²) in [5, 5.41) is 3.03. The van der Waals surface area contributed by atoms with E-state index in [-0.39, 0.29) is 0 Å². The fourth-order valence-corrected chi connectivity index (χ4v) is 1.59. The molecule has 0 aliphatic heterocycles. The maximum atomic E-state index is 11.1. The van der Waals surface area contributed by atoms with Crippen molar-refractivity contribution in [3.8, 4) is 11.5 Å². The standard InChI is InChI=1S/C15H16N2O2/c1-11(15(16)18)17-13-9-5-6-10-14(13)19-12-7-3-2-4-8-12/h2-11,17H,1H3,(H2,16,18)/t11-/m1/s1. The molecule has 2 rings (SSSR count). The lowest BCUT2D eigenvalue weighted by Crippen LogP contribution is -2.32. The maximum absolute atomic E-state index is 11.1. The number of ether oxygens (including phenoxy) is 1. The Labute approximate surface area is 112 Å². The van der Waals surface area contributed by atoms with Gasteiger partial charge in [0.05, 0.1) is 5.69 Å². The summed E-state index contributed by atoms with van der Waals surface area (Å²) in [7, 11) is 0. The lowest BCUT2D eigenvalue weighted by atomic mass is 10.2. The van der Waals surface area contributed by atoms with Crippen LogP contribution >= 0.6 is 0 Å². The SMILES string of the molecule is C[C@@H](Nc1ccccc1Oc1ccccc1)C(N)=O. The average Bonchev–Trinajstić information content (AvgIpc) is 2.42. The topological polar surface area (TPSA) is 64.3 Å². The molecule has 0 heterocycles. The quantitative estimate of drug-likeness (QED) is 0.864. The van der Waals surface area contributed by atoms with Gasteiger partial charge in [0.25, 0.3) is 0 Å². The molecule has 1 amide bonds. The van der Waals surface area contributed by atoms with Crippen LogP contribution in [-0.2, 0) is 4.79 Å². The molecule has 1 atom stereocenters. The van der Waals surface area contributed by atoms with Crippen molar-refractivity contribution in [2.24, 2.45) is 5.73 Å². The number of para-hydroxylation sites is 3. The Balaban J connectivity index is 2.19. The van der Waals surface area contributed by atoms with Crippen molar-refractivity contribution >= 4 is 11.6 Å². The number of rotatable bonds is 5. The molecule has 0 fully saturated rings. The first-order valence-corrected chi connectivity index (χ1v) is 6.04. The Morgan fingerprint density at radius 2 is 1.74 bits per heavy atom. The van der Waals surface area contributed by atoms with Gasteiger partial charge < -0.3 is 15.8 Å². The first kappa shape index (κ1) is 13.0. The highest BCUT2D eigenvalue weighted by Crippen LogP contribution is 2.29. The molecule has 4 nitrogen and oxygen atoms in total. The van der Waals surface area contributed by atoms with Crippen molar-refractivity contribution in [3.05, 3.63) is 54.6 Å². The highest BCUT2D eigenvalue weighted by Gasteiger charge is 2.11. The van der Waals surface area contributed by atoms with Gasteiger partial charge in [0.2, 0.25) is 5.91 Å². The number of nitrogens with two attached hydrogens (primary N) is 1. The summed E-state index contributed by atoms with van der Waals surface area (Å²) < 4.78 is 5.78. The molecule has 2 aromatic carbocycles. The number of hydrogen-bond donors (Lipinski definition) is 2. The van der Waals surface area contributed by atoms with Crippen LogP contribution in [0.3, 0.4) is 0 Å². The molecule has 4 heteroatoms. The minimum atomic E-state index is -0.458. The summed E-state index contributed by atoms with van der Waals surface area (Å²) in [6.07, 6.45) is 0. The minimum absolute atomic E-state index is 0.408. The van der Waals surface area contributed by atoms with E-state index in [0.717, 1.165) is 11.4 Å². The summed E-state index contributed by atoms with van der Waals surface area (Å²) in [6.45, 7) is 1.71. The molecular weight excluding hydrogens is 240 g/mol. The van der Waals surface area contributed by atoms with Gasteiger partial charge in [-0.1, -0.05) is 30.3 Å². The largest absolute Gasteiger partial charge is 0.455 e. The lowest BCUT2D eigenvalue weighted by molar-refractivity contribution is -0.118. The van der Waals surface area contributed by atoms with Gasteiger partial charge in [-0.3, -0.25) is 4.79 Å². The first-order valence-electron chi connectivity index (χ1n) is 6.04. The second-order valence-electron chi connectivity index (χ2n) is 4.18. The Morgan fingerprint density at radius 1 is 1.11 bits per heavy atom. The molecule has 0 aromatic heterocycles. The number of amides is 1. The molecular formula is C15H16N2O2. The van der Waals surface area contributed by atoms with Crippen LogP contribution < -0.4 is 15.8 Å². The number of nitrogens with one attached hydrogen (secondary N) is 1. The molecule has 0 spiro atoms. The van der Waals surface area contributed by atoms with E-state index in [1.54, 1.807) is 6.92 Å². The van der Waals surface area contributed by atoms with Crippen LogP contribution in [0.15, 0.2) is 54.6 Å². The number of primary amides is 1. The predicted molar refractivity (Wildman–Crippen MR) is 75.2 cm³/mol. The van der Waals surface area contributed by atoms with E-state index in [4.69, 9.17) is 10.5 Å². The zero-order valence-electron chi connectivity index (χ0n) is 10.7. The van der Waals surface area contributed by atoms with Crippen molar-refractivity contribution in [1.82, 2.24) is 0 Å². The molecule has 98 valence electrons. The fourth-order valence-electron chi connectivity index (χ4n) is 1.59. The molecule has 0 bridgehead atoms. The predicted octanol–water partition coefficient (Wildman–Crippen LogP) is 2.76. The van der Waals surface area contributed by atoms with Gasteiger partial charge in [0.1, 0.15) is 11.8 Å². The summed E-state index contributed by atoms with van der Waals surface area (Å²) in [5.41, 5.74) is 5.98. The smallest absolute Gasteiger partial charge is 0.239 e. The number of carbonyl (C=O) groups is 1. The molecule has 0 saturated carbocycles. The zero-order chi connectivity index (χ0) is 13.7. The number of benzene rings is 2. The van der Waals surface area contributed by atoms with Gasteiger partial charge in [-0.15, -0.1) is 0 Å². The third kappa shape index (κ3) is 3.48. The molecule has 0 aliphatic carbocycles. The maximum Gasteiger partial charge on any atom is 0.239 e. The minimum Gasteiger partial charge on any atom is -0.455 e. The van der Waals surface area contributed by atoms with Gasteiger partial charge in [0, 0.05) is 0 Å². The van der Waals surface area contributed by atoms with Gasteiger partial charge in [-0.2, -0.15) is 0 Å². The Morgan fingerprint density at radius 3 is 2.42 bits per heavy atom. The highest BCUT2D eigenvalue weighted by atomic mass is 16.5. The van der Waals surface area contributed by atoms with Gasteiger partial charge in [-0.25, -0.2) is 0 Å².